The van der Waals surface area contributed by atoms with Crippen LogP contribution in [-0.4, -0.2) is 16.4 Å². The number of benzene rings is 2. The van der Waals surface area contributed by atoms with Crippen molar-refractivity contribution >= 4 is 40.0 Å². The third-order valence-electron chi connectivity index (χ3n) is 3.10. The Bertz CT molecular complexity index is 922. The topological polar surface area (TPSA) is 74.6 Å². The lowest BCUT2D eigenvalue weighted by Crippen LogP contribution is -2.11. The highest BCUT2D eigenvalue weighted by atomic mass is 35.5. The Morgan fingerprint density at radius 2 is 1.76 bits per heavy atom. The standard InChI is InChI=1S/C17H15ClN6S/c1-12-16(22-21-15-9-7-14(18)8-10-15)25-17(24-20-12)23-19-11-13-5-3-2-4-6-13/h2-11,21H,1H3,(H,23,24)/b19-11+,22-16-. The second kappa shape index (κ2) is 8.36. The largest absolute Gasteiger partial charge is 0.277 e. The van der Waals surface area contributed by atoms with Gasteiger partial charge in [0.15, 0.2) is 4.67 Å². The maximum absolute atomic E-state index is 5.87. The van der Waals surface area contributed by atoms with Crippen molar-refractivity contribution in [2.75, 3.05) is 10.9 Å². The van der Waals surface area contributed by atoms with Crippen LogP contribution in [0.25, 0.3) is 0 Å². The van der Waals surface area contributed by atoms with Crippen LogP contribution < -0.4 is 15.5 Å². The summed E-state index contributed by atoms with van der Waals surface area (Å²) in [4.78, 5) is 0. The number of aromatic nitrogens is 2. The normalized spacial score (nSPS) is 11.7. The third kappa shape index (κ3) is 5.10. The van der Waals surface area contributed by atoms with Gasteiger partial charge in [-0.15, -0.1) is 10.2 Å². The second-order valence-corrected chi connectivity index (χ2v) is 6.42. The van der Waals surface area contributed by atoms with Gasteiger partial charge in [-0.25, -0.2) is 0 Å². The van der Waals surface area contributed by atoms with E-state index < -0.39 is 0 Å². The minimum absolute atomic E-state index is 0.550. The number of hydrogen-bond donors (Lipinski definition) is 2. The molecule has 0 aliphatic carbocycles. The molecule has 2 N–H and O–H groups in total. The number of halogens is 1. The Morgan fingerprint density at radius 1 is 1.00 bits per heavy atom. The van der Waals surface area contributed by atoms with Crippen LogP contribution in [0, 0.1) is 6.92 Å². The average Bonchev–Trinajstić information content (AvgIpc) is 2.64. The van der Waals surface area contributed by atoms with Crippen molar-refractivity contribution in [2.24, 2.45) is 10.2 Å². The zero-order valence-electron chi connectivity index (χ0n) is 13.3. The molecule has 0 aliphatic heterocycles. The molecule has 3 aromatic rings. The molecule has 0 atom stereocenters. The van der Waals surface area contributed by atoms with E-state index in [0.29, 0.717) is 14.8 Å². The van der Waals surface area contributed by atoms with Gasteiger partial charge >= 0.3 is 0 Å². The van der Waals surface area contributed by atoms with Crippen molar-refractivity contribution < 1.29 is 0 Å². The fraction of sp³-hybridized carbons (Fsp3) is 0.0588. The zero-order valence-corrected chi connectivity index (χ0v) is 14.9. The van der Waals surface area contributed by atoms with Crippen LogP contribution in [0.3, 0.4) is 0 Å². The highest BCUT2D eigenvalue weighted by molar-refractivity contribution is 7.12. The summed E-state index contributed by atoms with van der Waals surface area (Å²) in [7, 11) is 0. The number of hydrazone groups is 1. The SMILES string of the molecule is Cc1nnc(N/N=C/c2ccccc2)s/c1=N\Nc1ccc(Cl)cc1. The lowest BCUT2D eigenvalue weighted by atomic mass is 10.2. The minimum Gasteiger partial charge on any atom is -0.277 e. The zero-order chi connectivity index (χ0) is 17.5. The summed E-state index contributed by atoms with van der Waals surface area (Å²) in [6, 6.07) is 17.1. The van der Waals surface area contributed by atoms with Crippen molar-refractivity contribution in [1.29, 1.82) is 0 Å². The van der Waals surface area contributed by atoms with E-state index in [1.54, 1.807) is 18.3 Å². The van der Waals surface area contributed by atoms with Crippen LogP contribution in [0.5, 0.6) is 0 Å². The highest BCUT2D eigenvalue weighted by Crippen LogP contribution is 2.13. The first-order valence-electron chi connectivity index (χ1n) is 7.44. The van der Waals surface area contributed by atoms with Crippen molar-refractivity contribution in [3.8, 4) is 0 Å². The summed E-state index contributed by atoms with van der Waals surface area (Å²) in [5, 5.41) is 17.9. The van der Waals surface area contributed by atoms with Crippen LogP contribution >= 0.6 is 22.9 Å². The molecule has 0 spiro atoms. The third-order valence-corrected chi connectivity index (χ3v) is 4.30. The van der Waals surface area contributed by atoms with E-state index in [4.69, 9.17) is 11.6 Å². The lowest BCUT2D eigenvalue weighted by molar-refractivity contribution is 0.976. The molecule has 1 heterocycles. The molecule has 0 radical (unpaired) electrons. The number of anilines is 2. The van der Waals surface area contributed by atoms with Gasteiger partial charge < -0.3 is 0 Å². The summed E-state index contributed by atoms with van der Waals surface area (Å²) in [6.45, 7) is 1.85. The molecular formula is C17H15ClN6S. The van der Waals surface area contributed by atoms with Gasteiger partial charge in [-0.1, -0.05) is 53.3 Å². The summed E-state index contributed by atoms with van der Waals surface area (Å²) in [6.07, 6.45) is 1.72. The predicted molar refractivity (Wildman–Crippen MR) is 103 cm³/mol. The first-order valence-corrected chi connectivity index (χ1v) is 8.64. The van der Waals surface area contributed by atoms with E-state index in [1.165, 1.54) is 11.3 Å². The Kier molecular flexibility index (Phi) is 5.71. The molecule has 0 saturated heterocycles. The predicted octanol–water partition coefficient (Wildman–Crippen LogP) is 3.87. The monoisotopic (exact) mass is 370 g/mol. The van der Waals surface area contributed by atoms with Crippen LogP contribution in [0.1, 0.15) is 11.3 Å². The van der Waals surface area contributed by atoms with E-state index in [-0.39, 0.29) is 0 Å². The Morgan fingerprint density at radius 3 is 2.52 bits per heavy atom. The number of aryl methyl sites for hydroxylation is 1. The van der Waals surface area contributed by atoms with Gasteiger partial charge in [0.05, 0.1) is 17.6 Å². The van der Waals surface area contributed by atoms with Crippen LogP contribution in [-0.2, 0) is 0 Å². The van der Waals surface area contributed by atoms with E-state index in [2.05, 4.69) is 31.3 Å². The van der Waals surface area contributed by atoms with E-state index in [9.17, 15) is 0 Å². The Hall–Kier alpha value is -2.77. The summed E-state index contributed by atoms with van der Waals surface area (Å²) >= 11 is 7.22. The second-order valence-electron chi connectivity index (χ2n) is 5.01. The molecule has 0 unspecified atom stereocenters. The molecule has 0 aliphatic rings. The first kappa shape index (κ1) is 17.1. The molecule has 126 valence electrons. The summed E-state index contributed by atoms with van der Waals surface area (Å²) in [5.74, 6) is 0. The van der Waals surface area contributed by atoms with Gasteiger partial charge in [-0.05, 0) is 36.8 Å². The maximum atomic E-state index is 5.87. The molecule has 0 amide bonds. The molecule has 3 rings (SSSR count). The highest BCUT2D eigenvalue weighted by Gasteiger charge is 1.99. The molecule has 0 saturated carbocycles. The first-order chi connectivity index (χ1) is 12.2. The molecule has 8 heteroatoms. The Labute approximate surface area is 153 Å². The van der Waals surface area contributed by atoms with E-state index >= 15 is 0 Å². The van der Waals surface area contributed by atoms with Crippen molar-refractivity contribution in [2.45, 2.75) is 6.92 Å². The summed E-state index contributed by atoms with van der Waals surface area (Å²) < 4.78 is 0.711. The van der Waals surface area contributed by atoms with Gasteiger partial charge in [0, 0.05) is 5.02 Å². The fourth-order valence-electron chi connectivity index (χ4n) is 1.84. The van der Waals surface area contributed by atoms with Gasteiger partial charge in [0.1, 0.15) is 0 Å². The van der Waals surface area contributed by atoms with Gasteiger partial charge in [-0.3, -0.25) is 10.9 Å². The summed E-state index contributed by atoms with van der Waals surface area (Å²) in [5.41, 5.74) is 8.41. The maximum Gasteiger partial charge on any atom is 0.226 e. The van der Waals surface area contributed by atoms with Crippen molar-refractivity contribution in [3.63, 3.8) is 0 Å². The molecule has 25 heavy (non-hydrogen) atoms. The molecule has 2 aromatic carbocycles. The van der Waals surface area contributed by atoms with Gasteiger partial charge in [0.2, 0.25) is 5.13 Å². The number of nitrogens with zero attached hydrogens (tertiary/aromatic N) is 4. The number of nitrogens with one attached hydrogen (secondary N) is 2. The van der Waals surface area contributed by atoms with Crippen molar-refractivity contribution in [3.05, 3.63) is 75.5 Å². The van der Waals surface area contributed by atoms with Crippen LogP contribution in [0.2, 0.25) is 5.02 Å². The molecular weight excluding hydrogens is 356 g/mol. The molecule has 0 fully saturated rings. The van der Waals surface area contributed by atoms with Crippen LogP contribution in [0.4, 0.5) is 10.8 Å². The van der Waals surface area contributed by atoms with E-state index in [0.717, 1.165) is 16.9 Å². The van der Waals surface area contributed by atoms with Gasteiger partial charge in [0.25, 0.3) is 0 Å². The lowest BCUT2D eigenvalue weighted by Gasteiger charge is -2.01. The van der Waals surface area contributed by atoms with Crippen LogP contribution in [0.15, 0.2) is 64.8 Å². The Balaban J connectivity index is 1.72. The van der Waals surface area contributed by atoms with Gasteiger partial charge in [-0.2, -0.15) is 10.2 Å². The van der Waals surface area contributed by atoms with Crippen molar-refractivity contribution in [1.82, 2.24) is 10.2 Å². The number of hydrogen-bond acceptors (Lipinski definition) is 7. The average molecular weight is 371 g/mol. The smallest absolute Gasteiger partial charge is 0.226 e. The molecule has 0 bridgehead atoms. The quantitative estimate of drug-likeness (QED) is 0.528. The molecule has 6 nitrogen and oxygen atoms in total. The minimum atomic E-state index is 0.550. The van der Waals surface area contributed by atoms with E-state index in [1.807, 2.05) is 49.4 Å². The fourth-order valence-corrected chi connectivity index (χ4v) is 2.61. The number of rotatable bonds is 5. The molecule has 1 aromatic heterocycles.